The second-order valence-electron chi connectivity index (χ2n) is 5.10. The molecule has 1 N–H and O–H groups in total. The van der Waals surface area contributed by atoms with E-state index < -0.39 is 5.97 Å². The highest BCUT2D eigenvalue weighted by atomic mass is 16.5. The summed E-state index contributed by atoms with van der Waals surface area (Å²) in [5.41, 5.74) is 4.22. The van der Waals surface area contributed by atoms with Crippen LogP contribution in [0.4, 0.5) is 0 Å². The highest BCUT2D eigenvalue weighted by molar-refractivity contribution is 5.91. The lowest BCUT2D eigenvalue weighted by Crippen LogP contribution is -1.96. The summed E-state index contributed by atoms with van der Waals surface area (Å²) in [6, 6.07) is 15.9. The number of rotatable bonds is 4. The molecule has 0 atom stereocenters. The van der Waals surface area contributed by atoms with Crippen molar-refractivity contribution in [3.63, 3.8) is 0 Å². The standard InChI is InChI=1S/C18H16O3/c19-18(20)11-15-7-6-14-10-16(8-9-17(14)15)21-12-13-4-2-1-3-5-13/h1-5,8-11H,6-7,12H2,(H,19,20)/b15-11+. The fraction of sp³-hybridized carbons (Fsp3) is 0.167. The SMILES string of the molecule is O=C(O)/C=C1\CCc2cc(OCc3ccccc3)ccc21. The Morgan fingerprint density at radius 1 is 1.14 bits per heavy atom. The molecule has 0 amide bonds. The van der Waals surface area contributed by atoms with E-state index >= 15 is 0 Å². The lowest BCUT2D eigenvalue weighted by molar-refractivity contribution is -0.131. The molecule has 0 heterocycles. The van der Waals surface area contributed by atoms with Gasteiger partial charge in [0.05, 0.1) is 0 Å². The first-order chi connectivity index (χ1) is 10.2. The molecule has 1 aliphatic carbocycles. The van der Waals surface area contributed by atoms with Crippen LogP contribution < -0.4 is 4.74 Å². The lowest BCUT2D eigenvalue weighted by atomic mass is 10.1. The first kappa shape index (κ1) is 13.4. The van der Waals surface area contributed by atoms with Crippen molar-refractivity contribution in [2.75, 3.05) is 0 Å². The third kappa shape index (κ3) is 3.14. The van der Waals surface area contributed by atoms with Gasteiger partial charge in [-0.25, -0.2) is 4.79 Å². The number of fused-ring (bicyclic) bond motifs is 1. The third-order valence-corrected chi connectivity index (χ3v) is 3.63. The number of carbonyl (C=O) groups is 1. The van der Waals surface area contributed by atoms with Gasteiger partial charge in [-0.3, -0.25) is 0 Å². The number of benzene rings is 2. The van der Waals surface area contributed by atoms with Crippen molar-refractivity contribution >= 4 is 11.5 Å². The van der Waals surface area contributed by atoms with E-state index in [-0.39, 0.29) is 0 Å². The van der Waals surface area contributed by atoms with Gasteiger partial charge in [0, 0.05) is 6.08 Å². The maximum Gasteiger partial charge on any atom is 0.328 e. The van der Waals surface area contributed by atoms with Crippen LogP contribution in [0.15, 0.2) is 54.6 Å². The van der Waals surface area contributed by atoms with Crippen molar-refractivity contribution in [1.29, 1.82) is 0 Å². The molecule has 0 radical (unpaired) electrons. The van der Waals surface area contributed by atoms with Crippen LogP contribution in [0.25, 0.3) is 5.57 Å². The van der Waals surface area contributed by atoms with E-state index in [1.54, 1.807) is 0 Å². The Balaban J connectivity index is 1.74. The van der Waals surface area contributed by atoms with Gasteiger partial charge in [-0.2, -0.15) is 0 Å². The van der Waals surface area contributed by atoms with Gasteiger partial charge in [0.1, 0.15) is 12.4 Å². The number of hydrogen-bond donors (Lipinski definition) is 1. The zero-order valence-electron chi connectivity index (χ0n) is 11.6. The topological polar surface area (TPSA) is 46.5 Å². The molecule has 2 aromatic carbocycles. The minimum absolute atomic E-state index is 0.539. The van der Waals surface area contributed by atoms with Gasteiger partial charge in [0.15, 0.2) is 0 Å². The van der Waals surface area contributed by atoms with Gasteiger partial charge in [-0.1, -0.05) is 36.4 Å². The van der Waals surface area contributed by atoms with E-state index in [9.17, 15) is 4.79 Å². The van der Waals surface area contributed by atoms with Crippen LogP contribution in [0.2, 0.25) is 0 Å². The third-order valence-electron chi connectivity index (χ3n) is 3.63. The molecule has 21 heavy (non-hydrogen) atoms. The lowest BCUT2D eigenvalue weighted by Gasteiger charge is -2.08. The summed E-state index contributed by atoms with van der Waals surface area (Å²) in [6.45, 7) is 0.539. The highest BCUT2D eigenvalue weighted by Crippen LogP contribution is 2.34. The molecule has 0 bridgehead atoms. The maximum atomic E-state index is 10.8. The van der Waals surface area contributed by atoms with E-state index in [2.05, 4.69) is 0 Å². The van der Waals surface area contributed by atoms with Crippen LogP contribution in [-0.2, 0) is 17.8 Å². The van der Waals surface area contributed by atoms with Crippen LogP contribution >= 0.6 is 0 Å². The number of ether oxygens (including phenoxy) is 1. The summed E-state index contributed by atoms with van der Waals surface area (Å²) in [6.07, 6.45) is 2.96. The van der Waals surface area contributed by atoms with Gasteiger partial charge >= 0.3 is 5.97 Å². The van der Waals surface area contributed by atoms with Crippen molar-refractivity contribution in [3.05, 3.63) is 71.3 Å². The Morgan fingerprint density at radius 2 is 1.95 bits per heavy atom. The summed E-state index contributed by atoms with van der Waals surface area (Å²) in [7, 11) is 0. The molecule has 3 rings (SSSR count). The molecular formula is C18H16O3. The van der Waals surface area contributed by atoms with E-state index in [4.69, 9.17) is 9.84 Å². The van der Waals surface area contributed by atoms with Gasteiger partial charge < -0.3 is 9.84 Å². The number of allylic oxidation sites excluding steroid dienone is 1. The van der Waals surface area contributed by atoms with Crippen molar-refractivity contribution in [2.45, 2.75) is 19.4 Å². The van der Waals surface area contributed by atoms with Gasteiger partial charge in [0.2, 0.25) is 0 Å². The second-order valence-corrected chi connectivity index (χ2v) is 5.10. The number of carboxylic acid groups (broad SMARTS) is 1. The van der Waals surface area contributed by atoms with E-state index in [1.165, 1.54) is 6.08 Å². The van der Waals surface area contributed by atoms with E-state index in [1.807, 2.05) is 48.5 Å². The smallest absolute Gasteiger partial charge is 0.328 e. The summed E-state index contributed by atoms with van der Waals surface area (Å²) >= 11 is 0. The van der Waals surface area contributed by atoms with Crippen LogP contribution in [0.3, 0.4) is 0 Å². The minimum atomic E-state index is -0.887. The molecular weight excluding hydrogens is 264 g/mol. The molecule has 0 unspecified atom stereocenters. The van der Waals surface area contributed by atoms with E-state index in [0.717, 1.165) is 40.9 Å². The van der Waals surface area contributed by atoms with Crippen LogP contribution in [0.5, 0.6) is 5.75 Å². The summed E-state index contributed by atoms with van der Waals surface area (Å²) < 4.78 is 5.80. The zero-order valence-corrected chi connectivity index (χ0v) is 11.6. The Labute approximate surface area is 123 Å². The average Bonchev–Trinajstić information content (AvgIpc) is 2.88. The fourth-order valence-electron chi connectivity index (χ4n) is 2.62. The van der Waals surface area contributed by atoms with Crippen molar-refractivity contribution in [1.82, 2.24) is 0 Å². The molecule has 0 spiro atoms. The molecule has 3 heteroatoms. The molecule has 1 aliphatic rings. The molecule has 0 aliphatic heterocycles. The zero-order chi connectivity index (χ0) is 14.7. The van der Waals surface area contributed by atoms with Crippen LogP contribution in [0, 0.1) is 0 Å². The first-order valence-corrected chi connectivity index (χ1v) is 6.96. The second kappa shape index (κ2) is 5.83. The maximum absolute atomic E-state index is 10.8. The molecule has 0 aromatic heterocycles. The molecule has 3 nitrogen and oxygen atoms in total. The minimum Gasteiger partial charge on any atom is -0.489 e. The molecule has 106 valence electrons. The first-order valence-electron chi connectivity index (χ1n) is 6.96. The Hall–Kier alpha value is -2.55. The number of carboxylic acids is 1. The normalized spacial score (nSPS) is 15.0. The summed E-state index contributed by atoms with van der Waals surface area (Å²) in [5, 5.41) is 8.86. The largest absolute Gasteiger partial charge is 0.489 e. The van der Waals surface area contributed by atoms with Gasteiger partial charge in [-0.05, 0) is 47.2 Å². The predicted octanol–water partition coefficient (Wildman–Crippen LogP) is 3.68. The molecule has 0 saturated heterocycles. The van der Waals surface area contributed by atoms with Crippen LogP contribution in [-0.4, -0.2) is 11.1 Å². The van der Waals surface area contributed by atoms with Gasteiger partial charge in [-0.15, -0.1) is 0 Å². The van der Waals surface area contributed by atoms with Gasteiger partial charge in [0.25, 0.3) is 0 Å². The summed E-state index contributed by atoms with van der Waals surface area (Å²) in [4.78, 5) is 10.8. The molecule has 0 fully saturated rings. The number of hydrogen-bond acceptors (Lipinski definition) is 2. The monoisotopic (exact) mass is 280 g/mol. The quantitative estimate of drug-likeness (QED) is 0.869. The van der Waals surface area contributed by atoms with Crippen molar-refractivity contribution in [3.8, 4) is 5.75 Å². The number of aryl methyl sites for hydroxylation is 1. The number of aliphatic carboxylic acids is 1. The molecule has 2 aromatic rings. The fourth-order valence-corrected chi connectivity index (χ4v) is 2.62. The van der Waals surface area contributed by atoms with Crippen molar-refractivity contribution in [2.24, 2.45) is 0 Å². The predicted molar refractivity (Wildman–Crippen MR) is 81.1 cm³/mol. The Morgan fingerprint density at radius 3 is 2.71 bits per heavy atom. The molecule has 0 saturated carbocycles. The van der Waals surface area contributed by atoms with Crippen LogP contribution in [0.1, 0.15) is 23.1 Å². The highest BCUT2D eigenvalue weighted by Gasteiger charge is 2.17. The van der Waals surface area contributed by atoms with Crippen molar-refractivity contribution < 1.29 is 14.6 Å². The Kier molecular flexibility index (Phi) is 3.73. The summed E-state index contributed by atoms with van der Waals surface area (Å²) in [5.74, 6) is -0.0589. The average molecular weight is 280 g/mol. The Bertz CT molecular complexity index is 687. The van der Waals surface area contributed by atoms with E-state index in [0.29, 0.717) is 6.61 Å².